The highest BCUT2D eigenvalue weighted by molar-refractivity contribution is 6.33. The highest BCUT2D eigenvalue weighted by Crippen LogP contribution is 2.18. The number of nitrogens with one attached hydrogen (secondary N) is 1. The van der Waals surface area contributed by atoms with Gasteiger partial charge in [-0.05, 0) is 42.0 Å². The van der Waals surface area contributed by atoms with Crippen LogP contribution in [0.5, 0.6) is 5.75 Å². The molecule has 0 aliphatic carbocycles. The molecule has 126 valence electrons. The number of amides is 1. The fourth-order valence-electron chi connectivity index (χ4n) is 2.22. The van der Waals surface area contributed by atoms with Crippen LogP contribution in [0.2, 0.25) is 5.15 Å². The third-order valence-electron chi connectivity index (χ3n) is 3.39. The lowest BCUT2D eigenvalue weighted by Crippen LogP contribution is -2.13. The fourth-order valence-corrected chi connectivity index (χ4v) is 2.42. The highest BCUT2D eigenvalue weighted by Gasteiger charge is 2.11. The number of hydrogen-bond donors (Lipinski definition) is 1. The Balaban J connectivity index is 1.67. The predicted molar refractivity (Wildman–Crippen MR) is 94.4 cm³/mol. The molecule has 0 radical (unpaired) electrons. The van der Waals surface area contributed by atoms with Gasteiger partial charge >= 0.3 is 0 Å². The van der Waals surface area contributed by atoms with Crippen LogP contribution in [0.25, 0.3) is 0 Å². The van der Waals surface area contributed by atoms with Gasteiger partial charge in [0.15, 0.2) is 0 Å². The Morgan fingerprint density at radius 1 is 1.12 bits per heavy atom. The normalized spacial score (nSPS) is 10.3. The lowest BCUT2D eigenvalue weighted by atomic mass is 10.2. The Bertz CT molecular complexity index is 902. The number of halogens is 2. The summed E-state index contributed by atoms with van der Waals surface area (Å²) in [5.41, 5.74) is 1.73. The third-order valence-corrected chi connectivity index (χ3v) is 3.69. The number of ether oxygens (including phenoxy) is 1. The van der Waals surface area contributed by atoms with Gasteiger partial charge in [0.25, 0.3) is 5.91 Å². The first-order valence-corrected chi connectivity index (χ1v) is 7.89. The molecule has 0 aliphatic rings. The largest absolute Gasteiger partial charge is 0.489 e. The Morgan fingerprint density at radius 3 is 2.76 bits per heavy atom. The minimum atomic E-state index is -0.355. The summed E-state index contributed by atoms with van der Waals surface area (Å²) in [6, 6.07) is 16.4. The zero-order chi connectivity index (χ0) is 17.6. The van der Waals surface area contributed by atoms with E-state index >= 15 is 0 Å². The summed E-state index contributed by atoms with van der Waals surface area (Å²) in [7, 11) is 0. The molecular formula is C19H14ClFN2O2. The number of hydrogen-bond acceptors (Lipinski definition) is 3. The monoisotopic (exact) mass is 356 g/mol. The van der Waals surface area contributed by atoms with Crippen LogP contribution in [0.1, 0.15) is 15.9 Å². The lowest BCUT2D eigenvalue weighted by Gasteiger charge is -2.09. The number of rotatable bonds is 5. The van der Waals surface area contributed by atoms with Crippen LogP contribution >= 0.6 is 11.6 Å². The van der Waals surface area contributed by atoms with Crippen LogP contribution in [0.15, 0.2) is 66.9 Å². The maximum atomic E-state index is 13.2. The van der Waals surface area contributed by atoms with Gasteiger partial charge in [-0.3, -0.25) is 4.79 Å². The number of carbonyl (C=O) groups excluding carboxylic acids is 1. The predicted octanol–water partition coefficient (Wildman–Crippen LogP) is 4.71. The topological polar surface area (TPSA) is 51.2 Å². The Kier molecular flexibility index (Phi) is 5.26. The quantitative estimate of drug-likeness (QED) is 0.674. The Morgan fingerprint density at radius 2 is 1.96 bits per heavy atom. The fraction of sp³-hybridized carbons (Fsp3) is 0.0526. The molecular weight excluding hydrogens is 343 g/mol. The van der Waals surface area contributed by atoms with Crippen molar-refractivity contribution in [2.24, 2.45) is 0 Å². The third kappa shape index (κ3) is 4.55. The van der Waals surface area contributed by atoms with E-state index in [9.17, 15) is 9.18 Å². The first-order chi connectivity index (χ1) is 12.1. The van der Waals surface area contributed by atoms with Gasteiger partial charge in [-0.2, -0.15) is 0 Å². The molecule has 0 saturated carbocycles. The van der Waals surface area contributed by atoms with E-state index in [1.54, 1.807) is 42.5 Å². The molecule has 3 rings (SSSR count). The van der Waals surface area contributed by atoms with Crippen molar-refractivity contribution >= 4 is 23.2 Å². The molecule has 0 spiro atoms. The number of benzene rings is 2. The van der Waals surface area contributed by atoms with Gasteiger partial charge in [0, 0.05) is 18.0 Å². The van der Waals surface area contributed by atoms with Crippen molar-refractivity contribution in [1.29, 1.82) is 0 Å². The van der Waals surface area contributed by atoms with E-state index in [0.717, 1.165) is 5.56 Å². The Hall–Kier alpha value is -2.92. The average Bonchev–Trinajstić information content (AvgIpc) is 2.61. The van der Waals surface area contributed by atoms with Crippen molar-refractivity contribution in [2.45, 2.75) is 6.61 Å². The number of pyridine rings is 1. The number of carbonyl (C=O) groups is 1. The Labute approximate surface area is 149 Å². The molecule has 0 bridgehead atoms. The van der Waals surface area contributed by atoms with E-state index < -0.39 is 0 Å². The maximum absolute atomic E-state index is 13.2. The summed E-state index contributed by atoms with van der Waals surface area (Å²) in [6.07, 6.45) is 1.52. The first kappa shape index (κ1) is 16.9. The van der Waals surface area contributed by atoms with E-state index in [2.05, 4.69) is 10.3 Å². The van der Waals surface area contributed by atoms with Gasteiger partial charge in [0.05, 0.1) is 5.56 Å². The zero-order valence-corrected chi connectivity index (χ0v) is 13.8. The molecule has 4 nitrogen and oxygen atoms in total. The molecule has 25 heavy (non-hydrogen) atoms. The van der Waals surface area contributed by atoms with Crippen LogP contribution < -0.4 is 10.1 Å². The molecule has 1 aromatic heterocycles. The van der Waals surface area contributed by atoms with Crippen molar-refractivity contribution in [2.75, 3.05) is 5.32 Å². The molecule has 1 heterocycles. The molecule has 0 saturated heterocycles. The molecule has 2 aromatic carbocycles. The van der Waals surface area contributed by atoms with Crippen molar-refractivity contribution in [3.8, 4) is 5.75 Å². The summed E-state index contributed by atoms with van der Waals surface area (Å²) in [5.74, 6) is -0.259. The second kappa shape index (κ2) is 7.77. The van der Waals surface area contributed by atoms with E-state index in [0.29, 0.717) is 17.0 Å². The molecule has 6 heteroatoms. The van der Waals surface area contributed by atoms with Crippen LogP contribution in [-0.2, 0) is 6.61 Å². The molecule has 0 atom stereocenters. The van der Waals surface area contributed by atoms with Gasteiger partial charge in [-0.15, -0.1) is 0 Å². The minimum Gasteiger partial charge on any atom is -0.489 e. The van der Waals surface area contributed by atoms with E-state index in [1.807, 2.05) is 6.07 Å². The van der Waals surface area contributed by atoms with Crippen molar-refractivity contribution < 1.29 is 13.9 Å². The van der Waals surface area contributed by atoms with Crippen LogP contribution in [0, 0.1) is 5.82 Å². The minimum absolute atomic E-state index is 0.144. The van der Waals surface area contributed by atoms with Gasteiger partial charge in [-0.1, -0.05) is 29.8 Å². The van der Waals surface area contributed by atoms with E-state index in [1.165, 1.54) is 18.3 Å². The number of anilines is 1. The number of nitrogens with zero attached hydrogens (tertiary/aromatic N) is 1. The lowest BCUT2D eigenvalue weighted by molar-refractivity contribution is 0.102. The van der Waals surface area contributed by atoms with Gasteiger partial charge < -0.3 is 10.1 Å². The highest BCUT2D eigenvalue weighted by atomic mass is 35.5. The van der Waals surface area contributed by atoms with Crippen molar-refractivity contribution in [1.82, 2.24) is 4.98 Å². The average molecular weight is 357 g/mol. The molecule has 1 N–H and O–H groups in total. The SMILES string of the molecule is O=C(Nc1cccc(COc2cccc(F)c2)c1)c1cccnc1Cl. The maximum Gasteiger partial charge on any atom is 0.258 e. The van der Waals surface area contributed by atoms with Crippen LogP contribution in [0.4, 0.5) is 10.1 Å². The molecule has 0 unspecified atom stereocenters. The summed E-state index contributed by atoms with van der Waals surface area (Å²) in [5, 5.41) is 2.91. The summed E-state index contributed by atoms with van der Waals surface area (Å²) in [4.78, 5) is 16.1. The van der Waals surface area contributed by atoms with Crippen molar-refractivity contribution in [3.05, 3.63) is 89.0 Å². The van der Waals surface area contributed by atoms with Gasteiger partial charge in [-0.25, -0.2) is 9.37 Å². The van der Waals surface area contributed by atoms with E-state index in [-0.39, 0.29) is 23.5 Å². The second-order valence-corrected chi connectivity index (χ2v) is 5.60. The standard InChI is InChI=1S/C19H14ClFN2O2/c20-18-17(8-3-9-22-18)19(24)23-15-6-1-4-13(10-15)12-25-16-7-2-5-14(21)11-16/h1-11H,12H2,(H,23,24). The summed E-state index contributed by atoms with van der Waals surface area (Å²) in [6.45, 7) is 0.251. The van der Waals surface area contributed by atoms with Crippen LogP contribution in [-0.4, -0.2) is 10.9 Å². The van der Waals surface area contributed by atoms with Gasteiger partial charge in [0.1, 0.15) is 23.3 Å². The van der Waals surface area contributed by atoms with Gasteiger partial charge in [0.2, 0.25) is 0 Å². The smallest absolute Gasteiger partial charge is 0.258 e. The summed E-state index contributed by atoms with van der Waals surface area (Å²) < 4.78 is 18.7. The zero-order valence-electron chi connectivity index (χ0n) is 13.1. The summed E-state index contributed by atoms with van der Waals surface area (Å²) >= 11 is 5.92. The van der Waals surface area contributed by atoms with E-state index in [4.69, 9.17) is 16.3 Å². The van der Waals surface area contributed by atoms with Crippen LogP contribution in [0.3, 0.4) is 0 Å². The second-order valence-electron chi connectivity index (χ2n) is 5.24. The van der Waals surface area contributed by atoms with Crippen molar-refractivity contribution in [3.63, 3.8) is 0 Å². The molecule has 0 fully saturated rings. The molecule has 3 aromatic rings. The first-order valence-electron chi connectivity index (χ1n) is 7.51. The molecule has 0 aliphatic heterocycles. The molecule has 1 amide bonds. The number of aromatic nitrogens is 1.